The number of aliphatic hydroxyl groups is 1. The third-order valence-corrected chi connectivity index (χ3v) is 4.49. The number of ether oxygens (including phenoxy) is 1. The first-order chi connectivity index (χ1) is 12.5. The number of rotatable bonds is 10. The van der Waals surface area contributed by atoms with E-state index in [4.69, 9.17) is 4.74 Å². The van der Waals surface area contributed by atoms with Crippen molar-refractivity contribution < 1.29 is 9.84 Å². The number of hydrogen-bond acceptors (Lipinski definition) is 4. The Balaban J connectivity index is 2.09. The van der Waals surface area contributed by atoms with Gasteiger partial charge in [-0.05, 0) is 50.1 Å². The molecule has 0 amide bonds. The molecule has 0 aliphatic rings. The number of hydrogen-bond donors (Lipinski definition) is 2. The minimum absolute atomic E-state index is 0.0970. The van der Waals surface area contributed by atoms with Crippen LogP contribution >= 0.6 is 0 Å². The molecule has 26 heavy (non-hydrogen) atoms. The molecule has 4 heteroatoms. The molecule has 0 atom stereocenters. The summed E-state index contributed by atoms with van der Waals surface area (Å²) in [5.74, 6) is 0.825. The molecule has 0 aliphatic carbocycles. The van der Waals surface area contributed by atoms with Crippen molar-refractivity contribution in [1.82, 2.24) is 5.32 Å². The SMILES string of the molecule is CCNC(C)(C)Cc1ccc(CN(CCO)c2cccc(OC)c2)cc1. The van der Waals surface area contributed by atoms with Crippen molar-refractivity contribution in [2.45, 2.75) is 39.3 Å². The summed E-state index contributed by atoms with van der Waals surface area (Å²) in [6.45, 7) is 9.03. The van der Waals surface area contributed by atoms with Gasteiger partial charge in [-0.2, -0.15) is 0 Å². The molecule has 2 aromatic carbocycles. The van der Waals surface area contributed by atoms with E-state index in [2.05, 4.69) is 55.3 Å². The molecule has 2 aromatic rings. The van der Waals surface area contributed by atoms with Crippen molar-refractivity contribution in [1.29, 1.82) is 0 Å². The van der Waals surface area contributed by atoms with E-state index in [-0.39, 0.29) is 12.1 Å². The summed E-state index contributed by atoms with van der Waals surface area (Å²) in [6.07, 6.45) is 0.997. The Morgan fingerprint density at radius 2 is 1.77 bits per heavy atom. The number of benzene rings is 2. The molecule has 0 aliphatic heterocycles. The fraction of sp³-hybridized carbons (Fsp3) is 0.455. The van der Waals surface area contributed by atoms with E-state index in [1.807, 2.05) is 24.3 Å². The van der Waals surface area contributed by atoms with Crippen LogP contribution in [-0.4, -0.2) is 37.5 Å². The average molecular weight is 357 g/mol. The molecule has 0 saturated heterocycles. The largest absolute Gasteiger partial charge is 0.497 e. The van der Waals surface area contributed by atoms with E-state index >= 15 is 0 Å². The van der Waals surface area contributed by atoms with Crippen LogP contribution in [0.5, 0.6) is 5.75 Å². The van der Waals surface area contributed by atoms with Gasteiger partial charge in [-0.15, -0.1) is 0 Å². The zero-order valence-corrected chi connectivity index (χ0v) is 16.5. The van der Waals surface area contributed by atoms with Crippen LogP contribution in [0.1, 0.15) is 31.9 Å². The summed E-state index contributed by atoms with van der Waals surface area (Å²) < 4.78 is 5.32. The molecule has 0 heterocycles. The van der Waals surface area contributed by atoms with Gasteiger partial charge >= 0.3 is 0 Å². The first-order valence-corrected chi connectivity index (χ1v) is 9.30. The van der Waals surface area contributed by atoms with Gasteiger partial charge in [0.15, 0.2) is 0 Å². The van der Waals surface area contributed by atoms with Crippen LogP contribution in [0, 0.1) is 0 Å². The number of methoxy groups -OCH3 is 1. The fourth-order valence-electron chi connectivity index (χ4n) is 3.26. The second-order valence-electron chi connectivity index (χ2n) is 7.25. The summed E-state index contributed by atoms with van der Waals surface area (Å²) in [6, 6.07) is 16.7. The number of likely N-dealkylation sites (N-methyl/N-ethyl adjacent to an activating group) is 1. The lowest BCUT2D eigenvalue weighted by Crippen LogP contribution is -2.41. The highest BCUT2D eigenvalue weighted by Crippen LogP contribution is 2.23. The average Bonchev–Trinajstić information content (AvgIpc) is 2.62. The topological polar surface area (TPSA) is 44.7 Å². The first-order valence-electron chi connectivity index (χ1n) is 9.30. The molecule has 0 bridgehead atoms. The number of anilines is 1. The third kappa shape index (κ3) is 6.04. The molecule has 4 nitrogen and oxygen atoms in total. The minimum Gasteiger partial charge on any atom is -0.497 e. The zero-order valence-electron chi connectivity index (χ0n) is 16.5. The van der Waals surface area contributed by atoms with Crippen LogP contribution in [0.4, 0.5) is 5.69 Å². The standard InChI is InChI=1S/C22H32N2O2/c1-5-23-22(2,3)16-18-9-11-19(12-10-18)17-24(13-14-25)20-7-6-8-21(15-20)26-4/h6-12,15,23,25H,5,13-14,16-17H2,1-4H3. The first kappa shape index (κ1) is 20.3. The van der Waals surface area contributed by atoms with Crippen LogP contribution in [-0.2, 0) is 13.0 Å². The van der Waals surface area contributed by atoms with Gasteiger partial charge in [-0.25, -0.2) is 0 Å². The lowest BCUT2D eigenvalue weighted by Gasteiger charge is -2.26. The minimum atomic E-state index is 0.0970. The van der Waals surface area contributed by atoms with Gasteiger partial charge in [0.1, 0.15) is 5.75 Å². The monoisotopic (exact) mass is 356 g/mol. The lowest BCUT2D eigenvalue weighted by molar-refractivity contribution is 0.301. The van der Waals surface area contributed by atoms with Crippen LogP contribution in [0.2, 0.25) is 0 Å². The Bertz CT molecular complexity index is 668. The Labute approximate surface area is 157 Å². The van der Waals surface area contributed by atoms with E-state index in [0.717, 1.165) is 30.9 Å². The molecular formula is C22H32N2O2. The van der Waals surface area contributed by atoms with E-state index < -0.39 is 0 Å². The normalized spacial score (nSPS) is 11.4. The summed E-state index contributed by atoms with van der Waals surface area (Å²) in [7, 11) is 1.67. The number of nitrogens with zero attached hydrogens (tertiary/aromatic N) is 1. The van der Waals surface area contributed by atoms with Crippen molar-refractivity contribution in [2.75, 3.05) is 31.7 Å². The Morgan fingerprint density at radius 1 is 1.08 bits per heavy atom. The van der Waals surface area contributed by atoms with Gasteiger partial charge in [-0.3, -0.25) is 0 Å². The molecule has 2 N–H and O–H groups in total. The van der Waals surface area contributed by atoms with Gasteiger partial charge < -0.3 is 20.1 Å². The third-order valence-electron chi connectivity index (χ3n) is 4.49. The predicted molar refractivity (Wildman–Crippen MR) is 109 cm³/mol. The summed E-state index contributed by atoms with van der Waals surface area (Å²) >= 11 is 0. The van der Waals surface area contributed by atoms with Gasteiger partial charge in [0, 0.05) is 30.4 Å². The predicted octanol–water partition coefficient (Wildman–Crippen LogP) is 3.62. The lowest BCUT2D eigenvalue weighted by atomic mass is 9.94. The van der Waals surface area contributed by atoms with Crippen LogP contribution in [0.25, 0.3) is 0 Å². The Kier molecular flexibility index (Phi) is 7.49. The molecule has 0 aromatic heterocycles. The quantitative estimate of drug-likeness (QED) is 0.682. The maximum atomic E-state index is 9.44. The van der Waals surface area contributed by atoms with E-state index in [0.29, 0.717) is 6.54 Å². The maximum absolute atomic E-state index is 9.44. The highest BCUT2D eigenvalue weighted by atomic mass is 16.5. The smallest absolute Gasteiger partial charge is 0.120 e. The molecule has 0 unspecified atom stereocenters. The molecule has 142 valence electrons. The van der Waals surface area contributed by atoms with Crippen LogP contribution < -0.4 is 15.0 Å². The molecule has 2 rings (SSSR count). The molecule has 0 fully saturated rings. The molecule has 0 saturated carbocycles. The highest BCUT2D eigenvalue weighted by molar-refractivity contribution is 5.51. The molecule has 0 spiro atoms. The summed E-state index contributed by atoms with van der Waals surface area (Å²) in [4.78, 5) is 2.17. The van der Waals surface area contributed by atoms with Crippen molar-refractivity contribution >= 4 is 5.69 Å². The summed E-state index contributed by atoms with van der Waals surface area (Å²) in [5, 5.41) is 13.0. The second-order valence-corrected chi connectivity index (χ2v) is 7.25. The molecule has 0 radical (unpaired) electrons. The molecular weight excluding hydrogens is 324 g/mol. The zero-order chi connectivity index (χ0) is 19.0. The van der Waals surface area contributed by atoms with Crippen LogP contribution in [0.15, 0.2) is 48.5 Å². The van der Waals surface area contributed by atoms with Gasteiger partial charge in [-0.1, -0.05) is 37.3 Å². The van der Waals surface area contributed by atoms with Crippen molar-refractivity contribution in [3.05, 3.63) is 59.7 Å². The number of aliphatic hydroxyl groups excluding tert-OH is 1. The van der Waals surface area contributed by atoms with Gasteiger partial charge in [0.05, 0.1) is 13.7 Å². The second kappa shape index (κ2) is 9.60. The van der Waals surface area contributed by atoms with Crippen molar-refractivity contribution in [2.24, 2.45) is 0 Å². The van der Waals surface area contributed by atoms with E-state index in [1.165, 1.54) is 11.1 Å². The van der Waals surface area contributed by atoms with E-state index in [1.54, 1.807) is 7.11 Å². The van der Waals surface area contributed by atoms with E-state index in [9.17, 15) is 5.11 Å². The van der Waals surface area contributed by atoms with Crippen molar-refractivity contribution in [3.8, 4) is 5.75 Å². The Hall–Kier alpha value is -2.04. The summed E-state index contributed by atoms with van der Waals surface area (Å²) in [5.41, 5.74) is 3.71. The number of nitrogens with one attached hydrogen (secondary N) is 1. The maximum Gasteiger partial charge on any atom is 0.120 e. The van der Waals surface area contributed by atoms with Crippen LogP contribution in [0.3, 0.4) is 0 Å². The highest BCUT2D eigenvalue weighted by Gasteiger charge is 2.16. The fourth-order valence-corrected chi connectivity index (χ4v) is 3.26. The van der Waals surface area contributed by atoms with Gasteiger partial charge in [0.25, 0.3) is 0 Å². The Morgan fingerprint density at radius 3 is 2.38 bits per heavy atom. The van der Waals surface area contributed by atoms with Crippen molar-refractivity contribution in [3.63, 3.8) is 0 Å². The van der Waals surface area contributed by atoms with Gasteiger partial charge in [0.2, 0.25) is 0 Å².